The first-order valence-corrected chi connectivity index (χ1v) is 13.6. The van der Waals surface area contributed by atoms with E-state index in [0.717, 1.165) is 35.1 Å². The molecule has 3 aromatic rings. The van der Waals surface area contributed by atoms with Gasteiger partial charge in [0.15, 0.2) is 5.84 Å². The zero-order chi connectivity index (χ0) is 28.4. The average Bonchev–Trinajstić information content (AvgIpc) is 3.33. The number of pyridine rings is 1. The van der Waals surface area contributed by atoms with Gasteiger partial charge in [-0.3, -0.25) is 4.98 Å². The van der Waals surface area contributed by atoms with Crippen molar-refractivity contribution in [3.8, 4) is 0 Å². The van der Waals surface area contributed by atoms with E-state index in [1.165, 1.54) is 0 Å². The van der Waals surface area contributed by atoms with Crippen LogP contribution in [-0.4, -0.2) is 62.0 Å². The van der Waals surface area contributed by atoms with Crippen molar-refractivity contribution in [2.24, 2.45) is 4.99 Å². The molecule has 2 heterocycles. The number of fused-ring (bicyclic) bond motifs is 1. The lowest BCUT2D eigenvalue weighted by Crippen LogP contribution is -2.43. The Morgan fingerprint density at radius 3 is 2.72 bits per heavy atom. The number of rotatable bonds is 15. The van der Waals surface area contributed by atoms with E-state index in [1.807, 2.05) is 55.7 Å². The molecule has 0 aliphatic heterocycles. The summed E-state index contributed by atoms with van der Waals surface area (Å²) < 4.78 is 7.69. The van der Waals surface area contributed by atoms with E-state index in [2.05, 4.69) is 45.7 Å². The highest BCUT2D eigenvalue weighted by Crippen LogP contribution is 2.23. The van der Waals surface area contributed by atoms with Crippen molar-refractivity contribution in [3.63, 3.8) is 0 Å². The summed E-state index contributed by atoms with van der Waals surface area (Å²) in [5.41, 5.74) is 3.15. The number of aliphatic hydroxyl groups is 2. The number of benzene rings is 1. The number of hydrogen-bond donors (Lipinski definition) is 4. The first kappa shape index (κ1) is 30.0. The zero-order valence-electron chi connectivity index (χ0n) is 23.5. The predicted octanol–water partition coefficient (Wildman–Crippen LogP) is 4.72. The van der Waals surface area contributed by atoms with Gasteiger partial charge in [0.25, 0.3) is 0 Å². The summed E-state index contributed by atoms with van der Waals surface area (Å²) in [5.74, 6) is 0.944. The number of imidazole rings is 1. The number of ether oxygens (including phenoxy) is 1. The lowest BCUT2D eigenvalue weighted by atomic mass is 10.00. The third kappa shape index (κ3) is 7.75. The highest BCUT2D eigenvalue weighted by Gasteiger charge is 2.32. The van der Waals surface area contributed by atoms with Crippen LogP contribution in [0, 0.1) is 6.92 Å². The second-order valence-corrected chi connectivity index (χ2v) is 9.59. The number of aliphatic imine (C=N–C) groups is 1. The Kier molecular flexibility index (Phi) is 11.2. The summed E-state index contributed by atoms with van der Waals surface area (Å²) in [6, 6.07) is 9.31. The van der Waals surface area contributed by atoms with Crippen molar-refractivity contribution in [2.75, 3.05) is 18.5 Å². The number of aromatic nitrogens is 3. The molecule has 0 saturated heterocycles. The summed E-state index contributed by atoms with van der Waals surface area (Å²) in [7, 11) is 0. The van der Waals surface area contributed by atoms with Gasteiger partial charge in [-0.1, -0.05) is 39.0 Å². The molecule has 0 fully saturated rings. The molecule has 9 nitrogen and oxygen atoms in total. The van der Waals surface area contributed by atoms with Gasteiger partial charge in [0, 0.05) is 36.1 Å². The average molecular weight is 535 g/mol. The molecule has 9 heteroatoms. The number of anilines is 1. The van der Waals surface area contributed by atoms with Gasteiger partial charge in [-0.05, 0) is 51.0 Å². The van der Waals surface area contributed by atoms with Gasteiger partial charge < -0.3 is 30.2 Å². The van der Waals surface area contributed by atoms with Crippen molar-refractivity contribution in [1.29, 1.82) is 0 Å². The van der Waals surface area contributed by atoms with E-state index in [1.54, 1.807) is 18.6 Å². The summed E-state index contributed by atoms with van der Waals surface area (Å²) >= 11 is 0. The standard InChI is InChI=1S/C30H42N6O3/c1-7-10-17-39-26(9-3)29(38)28(37)21(5)36-19-33-27(20(36)4)30(32-15-8-2)35-22(6)34-24-13-14-25-23(18-24)12-11-16-31-25/h8,11-14,16,18-19,21,26,28-29,34,37-38H,2,6-7,9-10,15,17H2,1,3-5H3,(H,32,35). The number of unbranched alkanes of at least 4 members (excludes halogenated alkanes) is 1. The van der Waals surface area contributed by atoms with Crippen LogP contribution < -0.4 is 10.6 Å². The number of nitrogens with one attached hydrogen (secondary N) is 2. The SMILES string of the molecule is C=CCN/C(=N/C(=C)Nc1ccc2ncccc2c1)c1ncn(C(C)C(O)C(O)C(CC)OCCCC)c1C. The van der Waals surface area contributed by atoms with Crippen molar-refractivity contribution in [2.45, 2.75) is 71.3 Å². The molecule has 0 radical (unpaired) electrons. The van der Waals surface area contributed by atoms with Crippen molar-refractivity contribution in [3.05, 3.63) is 79.3 Å². The molecule has 2 aromatic heterocycles. The molecule has 0 amide bonds. The second kappa shape index (κ2) is 14.6. The van der Waals surface area contributed by atoms with Crippen molar-refractivity contribution in [1.82, 2.24) is 19.9 Å². The van der Waals surface area contributed by atoms with Crippen LogP contribution in [-0.2, 0) is 4.74 Å². The molecule has 39 heavy (non-hydrogen) atoms. The molecule has 0 bridgehead atoms. The molecule has 0 aliphatic rings. The van der Waals surface area contributed by atoms with Crippen LogP contribution in [0.15, 0.2) is 72.9 Å². The molecule has 0 aliphatic carbocycles. The summed E-state index contributed by atoms with van der Waals surface area (Å²) in [4.78, 5) is 13.6. The van der Waals surface area contributed by atoms with Crippen molar-refractivity contribution >= 4 is 22.4 Å². The maximum Gasteiger partial charge on any atom is 0.156 e. The van der Waals surface area contributed by atoms with Crippen LogP contribution in [0.3, 0.4) is 0 Å². The van der Waals surface area contributed by atoms with Gasteiger partial charge in [-0.25, -0.2) is 9.98 Å². The van der Waals surface area contributed by atoms with Crippen LogP contribution >= 0.6 is 0 Å². The number of aliphatic hydroxyl groups excluding tert-OH is 2. The molecule has 1 aromatic carbocycles. The van der Waals surface area contributed by atoms with E-state index in [0.29, 0.717) is 36.9 Å². The Labute approximate surface area is 231 Å². The number of nitrogens with zero attached hydrogens (tertiary/aromatic N) is 4. The zero-order valence-corrected chi connectivity index (χ0v) is 23.5. The fourth-order valence-corrected chi connectivity index (χ4v) is 4.40. The van der Waals surface area contributed by atoms with Crippen LogP contribution in [0.2, 0.25) is 0 Å². The van der Waals surface area contributed by atoms with Crippen LogP contribution in [0.1, 0.15) is 57.5 Å². The van der Waals surface area contributed by atoms with E-state index in [9.17, 15) is 10.2 Å². The number of hydrogen-bond acceptors (Lipinski definition) is 7. The van der Waals surface area contributed by atoms with Gasteiger partial charge in [-0.15, -0.1) is 6.58 Å². The third-order valence-electron chi connectivity index (χ3n) is 6.71. The Morgan fingerprint density at radius 1 is 1.21 bits per heavy atom. The topological polar surface area (TPSA) is 117 Å². The largest absolute Gasteiger partial charge is 0.388 e. The molecule has 4 N–H and O–H groups in total. The quantitative estimate of drug-likeness (QED) is 0.0964. The summed E-state index contributed by atoms with van der Waals surface area (Å²) in [6.45, 7) is 16.7. The minimum atomic E-state index is -1.04. The van der Waals surface area contributed by atoms with Gasteiger partial charge >= 0.3 is 0 Å². The molecule has 0 saturated carbocycles. The molecule has 4 unspecified atom stereocenters. The van der Waals surface area contributed by atoms with E-state index in [4.69, 9.17) is 4.74 Å². The fraction of sp³-hybridized carbons (Fsp3) is 0.433. The van der Waals surface area contributed by atoms with Gasteiger partial charge in [0.05, 0.1) is 24.0 Å². The first-order valence-electron chi connectivity index (χ1n) is 13.6. The monoisotopic (exact) mass is 534 g/mol. The summed E-state index contributed by atoms with van der Waals surface area (Å²) in [5, 5.41) is 29.4. The second-order valence-electron chi connectivity index (χ2n) is 9.59. The van der Waals surface area contributed by atoms with E-state index >= 15 is 0 Å². The van der Waals surface area contributed by atoms with Crippen LogP contribution in [0.25, 0.3) is 10.9 Å². The highest BCUT2D eigenvalue weighted by molar-refractivity contribution is 5.99. The summed E-state index contributed by atoms with van der Waals surface area (Å²) in [6.07, 6.45) is 5.17. The van der Waals surface area contributed by atoms with E-state index < -0.39 is 24.4 Å². The van der Waals surface area contributed by atoms with Gasteiger partial charge in [0.1, 0.15) is 23.7 Å². The van der Waals surface area contributed by atoms with Crippen LogP contribution in [0.5, 0.6) is 0 Å². The third-order valence-corrected chi connectivity index (χ3v) is 6.71. The van der Waals surface area contributed by atoms with Gasteiger partial charge in [0.2, 0.25) is 0 Å². The molecule has 0 spiro atoms. The normalized spacial score (nSPS) is 15.0. The Hall–Kier alpha value is -3.53. The lowest BCUT2D eigenvalue weighted by Gasteiger charge is -2.30. The number of amidine groups is 1. The predicted molar refractivity (Wildman–Crippen MR) is 158 cm³/mol. The molecule has 210 valence electrons. The maximum absolute atomic E-state index is 11.0. The van der Waals surface area contributed by atoms with Gasteiger partial charge in [-0.2, -0.15) is 0 Å². The molecule has 4 atom stereocenters. The minimum absolute atomic E-state index is 0.428. The Bertz CT molecular complexity index is 1270. The minimum Gasteiger partial charge on any atom is -0.388 e. The molecule has 3 rings (SSSR count). The lowest BCUT2D eigenvalue weighted by molar-refractivity contribution is -0.103. The highest BCUT2D eigenvalue weighted by atomic mass is 16.5. The smallest absolute Gasteiger partial charge is 0.156 e. The molecular formula is C30H42N6O3. The fourth-order valence-electron chi connectivity index (χ4n) is 4.40. The Morgan fingerprint density at radius 2 is 2.00 bits per heavy atom. The van der Waals surface area contributed by atoms with Crippen molar-refractivity contribution < 1.29 is 14.9 Å². The molecular weight excluding hydrogens is 492 g/mol. The van der Waals surface area contributed by atoms with E-state index in [-0.39, 0.29) is 0 Å². The maximum atomic E-state index is 11.0. The van der Waals surface area contributed by atoms with Crippen LogP contribution in [0.4, 0.5) is 5.69 Å². The Balaban J connectivity index is 1.79. The first-order chi connectivity index (χ1) is 18.8.